The van der Waals surface area contributed by atoms with Crippen molar-refractivity contribution in [3.63, 3.8) is 0 Å². The smallest absolute Gasteiger partial charge is 0.161 e. The maximum atomic E-state index is 6.29. The van der Waals surface area contributed by atoms with Gasteiger partial charge in [-0.2, -0.15) is 0 Å². The summed E-state index contributed by atoms with van der Waals surface area (Å²) in [5.74, 6) is 1.60. The van der Waals surface area contributed by atoms with Gasteiger partial charge in [0.1, 0.15) is 0 Å². The summed E-state index contributed by atoms with van der Waals surface area (Å²) in [6.45, 7) is 1.40. The number of ether oxygens (including phenoxy) is 2. The molecule has 0 fully saturated rings. The lowest BCUT2D eigenvalue weighted by atomic mass is 9.99. The molecule has 2 N–H and O–H groups in total. The van der Waals surface area contributed by atoms with Gasteiger partial charge in [-0.1, -0.05) is 36.4 Å². The molecule has 0 bridgehead atoms. The molecule has 0 saturated carbocycles. The normalized spacial score (nSPS) is 14.8. The van der Waals surface area contributed by atoms with Gasteiger partial charge in [0.05, 0.1) is 19.3 Å². The molecule has 0 aliphatic carbocycles. The molecule has 0 radical (unpaired) electrons. The van der Waals surface area contributed by atoms with Crippen LogP contribution in [0.5, 0.6) is 11.5 Å². The van der Waals surface area contributed by atoms with Gasteiger partial charge in [-0.25, -0.2) is 0 Å². The number of rotatable bonds is 2. The molecule has 1 unspecified atom stereocenters. The molecule has 3 rings (SSSR count). The van der Waals surface area contributed by atoms with Crippen molar-refractivity contribution in [2.24, 2.45) is 5.73 Å². The minimum Gasteiger partial charge on any atom is -1.00 e. The Hall–Kier alpha value is -1.71. The van der Waals surface area contributed by atoms with E-state index in [2.05, 4.69) is 0 Å². The predicted molar refractivity (Wildman–Crippen MR) is 74.5 cm³/mol. The van der Waals surface area contributed by atoms with E-state index in [0.29, 0.717) is 13.2 Å². The van der Waals surface area contributed by atoms with Crippen LogP contribution in [0, 0.1) is 0 Å². The minimum absolute atomic E-state index is 0. The Balaban J connectivity index is 0.00000147. The van der Waals surface area contributed by atoms with Gasteiger partial charge >= 0.3 is 0 Å². The highest BCUT2D eigenvalue weighted by Gasteiger charge is 2.14. The van der Waals surface area contributed by atoms with Crippen molar-refractivity contribution >= 4 is 0 Å². The topological polar surface area (TPSA) is 44.5 Å². The summed E-state index contributed by atoms with van der Waals surface area (Å²) in [6.07, 6.45) is 0.911. The lowest BCUT2D eigenvalue weighted by Crippen LogP contribution is -3.00. The van der Waals surface area contributed by atoms with Gasteiger partial charge in [0.2, 0.25) is 0 Å². The van der Waals surface area contributed by atoms with Gasteiger partial charge < -0.3 is 27.6 Å². The molecule has 0 aromatic heterocycles. The molecule has 1 aliphatic heterocycles. The Morgan fingerprint density at radius 3 is 2.30 bits per heavy atom. The largest absolute Gasteiger partial charge is 1.00 e. The number of hydrogen-bond acceptors (Lipinski definition) is 3. The Bertz CT molecular complexity index is 560. The van der Waals surface area contributed by atoms with Crippen LogP contribution in [0.15, 0.2) is 48.5 Å². The summed E-state index contributed by atoms with van der Waals surface area (Å²) < 4.78 is 11.3. The summed E-state index contributed by atoms with van der Waals surface area (Å²) in [6, 6.07) is 15.9. The third-order valence-corrected chi connectivity index (χ3v) is 3.29. The maximum Gasteiger partial charge on any atom is 0.161 e. The molecular weight excluding hydrogens is 274 g/mol. The highest BCUT2D eigenvalue weighted by Crippen LogP contribution is 2.33. The zero-order valence-electron chi connectivity index (χ0n) is 11.1. The second-order valence-electron chi connectivity index (χ2n) is 4.65. The lowest BCUT2D eigenvalue weighted by molar-refractivity contribution is -0.00000476. The number of halogens is 1. The molecule has 1 heterocycles. The first-order valence-corrected chi connectivity index (χ1v) is 6.54. The minimum atomic E-state index is -0.140. The van der Waals surface area contributed by atoms with Gasteiger partial charge in [-0.3, -0.25) is 0 Å². The molecule has 4 heteroatoms. The average Bonchev–Trinajstić information content (AvgIpc) is 2.72. The highest BCUT2D eigenvalue weighted by molar-refractivity contribution is 5.46. The van der Waals surface area contributed by atoms with Gasteiger partial charge in [0.25, 0.3) is 0 Å². The van der Waals surface area contributed by atoms with Crippen LogP contribution in [0.1, 0.15) is 23.6 Å². The van der Waals surface area contributed by atoms with Crippen molar-refractivity contribution in [3.05, 3.63) is 59.7 Å². The van der Waals surface area contributed by atoms with Gasteiger partial charge in [-0.05, 0) is 23.3 Å². The van der Waals surface area contributed by atoms with Crippen LogP contribution in [0.3, 0.4) is 0 Å². The number of nitrogens with two attached hydrogens (primary N) is 1. The van der Waals surface area contributed by atoms with Crippen LogP contribution in [-0.2, 0) is 0 Å². The van der Waals surface area contributed by atoms with Crippen LogP contribution in [-0.4, -0.2) is 13.2 Å². The quantitative estimate of drug-likeness (QED) is 0.840. The molecule has 106 valence electrons. The van der Waals surface area contributed by atoms with E-state index in [1.54, 1.807) is 0 Å². The zero-order chi connectivity index (χ0) is 13.1. The zero-order valence-corrected chi connectivity index (χ0v) is 11.8. The van der Waals surface area contributed by atoms with Crippen molar-refractivity contribution in [1.29, 1.82) is 0 Å². The van der Waals surface area contributed by atoms with Crippen molar-refractivity contribution in [2.75, 3.05) is 13.2 Å². The molecule has 0 saturated heterocycles. The van der Waals surface area contributed by atoms with Crippen LogP contribution in [0.4, 0.5) is 0 Å². The van der Waals surface area contributed by atoms with Crippen LogP contribution < -0.4 is 27.6 Å². The monoisotopic (exact) mass is 290 g/mol. The highest BCUT2D eigenvalue weighted by atomic mass is 35.5. The summed E-state index contributed by atoms with van der Waals surface area (Å²) in [5.41, 5.74) is 8.42. The van der Waals surface area contributed by atoms with Crippen LogP contribution in [0.25, 0.3) is 0 Å². The fourth-order valence-electron chi connectivity index (χ4n) is 2.23. The van der Waals surface area contributed by atoms with Crippen molar-refractivity contribution < 1.29 is 21.9 Å². The van der Waals surface area contributed by atoms with E-state index in [1.165, 1.54) is 0 Å². The van der Waals surface area contributed by atoms with Crippen LogP contribution in [0.2, 0.25) is 0 Å². The van der Waals surface area contributed by atoms with E-state index in [-0.39, 0.29) is 18.4 Å². The third kappa shape index (κ3) is 3.06. The van der Waals surface area contributed by atoms with E-state index in [9.17, 15) is 0 Å². The fourth-order valence-corrected chi connectivity index (χ4v) is 2.23. The first-order chi connectivity index (χ1) is 9.34. The second-order valence-corrected chi connectivity index (χ2v) is 4.65. The molecule has 1 aliphatic rings. The predicted octanol–water partition coefficient (Wildman–Crippen LogP) is -0.100. The SMILES string of the molecule is NC(c1ccccc1)c1ccc2c(c1)OCCCO2.[Cl-]. The summed E-state index contributed by atoms with van der Waals surface area (Å²) in [4.78, 5) is 0. The molecular formula is C16H17ClNO2-. The summed E-state index contributed by atoms with van der Waals surface area (Å²) in [7, 11) is 0. The van der Waals surface area contributed by atoms with Crippen LogP contribution >= 0.6 is 0 Å². The molecule has 0 amide bonds. The number of hydrogen-bond donors (Lipinski definition) is 1. The standard InChI is InChI=1S/C16H17NO2.ClH/c17-16(12-5-2-1-3-6-12)13-7-8-14-15(11-13)19-10-4-9-18-14;/h1-3,5-8,11,16H,4,9-10,17H2;1H/p-1. The Kier molecular flexibility index (Phi) is 4.88. The molecule has 1 atom stereocenters. The van der Waals surface area contributed by atoms with E-state index in [0.717, 1.165) is 29.0 Å². The van der Waals surface area contributed by atoms with E-state index >= 15 is 0 Å². The van der Waals surface area contributed by atoms with Gasteiger partial charge in [0, 0.05) is 6.42 Å². The Morgan fingerprint density at radius 2 is 1.55 bits per heavy atom. The average molecular weight is 291 g/mol. The number of fused-ring (bicyclic) bond motifs is 1. The first kappa shape index (κ1) is 14.7. The van der Waals surface area contributed by atoms with E-state index in [4.69, 9.17) is 15.2 Å². The van der Waals surface area contributed by atoms with E-state index in [1.807, 2.05) is 48.5 Å². The maximum absolute atomic E-state index is 6.29. The van der Waals surface area contributed by atoms with Crippen molar-refractivity contribution in [2.45, 2.75) is 12.5 Å². The second kappa shape index (κ2) is 6.64. The Labute approximate surface area is 125 Å². The summed E-state index contributed by atoms with van der Waals surface area (Å²) in [5, 5.41) is 0. The molecule has 20 heavy (non-hydrogen) atoms. The third-order valence-electron chi connectivity index (χ3n) is 3.29. The first-order valence-electron chi connectivity index (χ1n) is 6.54. The fraction of sp³-hybridized carbons (Fsp3) is 0.250. The lowest BCUT2D eigenvalue weighted by Gasteiger charge is -2.15. The molecule has 2 aromatic carbocycles. The Morgan fingerprint density at radius 1 is 0.850 bits per heavy atom. The number of benzene rings is 2. The van der Waals surface area contributed by atoms with E-state index < -0.39 is 0 Å². The molecule has 3 nitrogen and oxygen atoms in total. The molecule has 2 aromatic rings. The molecule has 0 spiro atoms. The van der Waals surface area contributed by atoms with Gasteiger partial charge in [0.15, 0.2) is 11.5 Å². The van der Waals surface area contributed by atoms with Crippen molar-refractivity contribution in [1.82, 2.24) is 0 Å². The van der Waals surface area contributed by atoms with Gasteiger partial charge in [-0.15, -0.1) is 0 Å². The summed E-state index contributed by atoms with van der Waals surface area (Å²) >= 11 is 0. The van der Waals surface area contributed by atoms with Crippen molar-refractivity contribution in [3.8, 4) is 11.5 Å².